The number of nitrogens with zero attached hydrogens (tertiary/aromatic N) is 1. The van der Waals surface area contributed by atoms with Crippen molar-refractivity contribution in [1.29, 1.82) is 0 Å². The first kappa shape index (κ1) is 23.6. The number of benzene rings is 2. The fourth-order valence-corrected chi connectivity index (χ4v) is 4.34. The first-order valence-corrected chi connectivity index (χ1v) is 11.3. The summed E-state index contributed by atoms with van der Waals surface area (Å²) >= 11 is 0. The van der Waals surface area contributed by atoms with Crippen LogP contribution in [-0.2, 0) is 10.0 Å². The first-order chi connectivity index (χ1) is 14.0. The molecule has 0 bridgehead atoms. The normalized spacial score (nSPS) is 11.9. The Morgan fingerprint density at radius 3 is 2.03 bits per heavy atom. The number of nitrogens with one attached hydrogen (secondary N) is 2. The Morgan fingerprint density at radius 2 is 1.50 bits per heavy atom. The molecule has 2 amide bonds. The lowest BCUT2D eigenvalue weighted by Gasteiger charge is -2.20. The van der Waals surface area contributed by atoms with Gasteiger partial charge in [0.2, 0.25) is 10.0 Å². The molecule has 2 rings (SSSR count). The molecule has 0 heterocycles. The summed E-state index contributed by atoms with van der Waals surface area (Å²) in [7, 11) is -3.65. The monoisotopic (exact) mass is 431 g/mol. The smallest absolute Gasteiger partial charge is 0.255 e. The summed E-state index contributed by atoms with van der Waals surface area (Å²) in [6, 6.07) is 12.5. The predicted octanol–water partition coefficient (Wildman–Crippen LogP) is 3.50. The minimum absolute atomic E-state index is 0.0769. The highest BCUT2D eigenvalue weighted by molar-refractivity contribution is 7.89. The van der Waals surface area contributed by atoms with Gasteiger partial charge in [-0.1, -0.05) is 19.9 Å². The van der Waals surface area contributed by atoms with Gasteiger partial charge >= 0.3 is 0 Å². The third-order valence-corrected chi connectivity index (χ3v) is 6.38. The predicted molar refractivity (Wildman–Crippen MR) is 118 cm³/mol. The van der Waals surface area contributed by atoms with Crippen molar-refractivity contribution in [3.63, 3.8) is 0 Å². The van der Waals surface area contributed by atoms with Crippen molar-refractivity contribution in [1.82, 2.24) is 9.62 Å². The molecule has 8 heteroatoms. The maximum absolute atomic E-state index is 12.7. The van der Waals surface area contributed by atoms with Crippen molar-refractivity contribution in [3.8, 4) is 0 Å². The number of sulfonamides is 1. The van der Waals surface area contributed by atoms with E-state index in [0.29, 0.717) is 24.3 Å². The summed E-state index contributed by atoms with van der Waals surface area (Å²) in [5.41, 5.74) is 0.873. The van der Waals surface area contributed by atoms with Gasteiger partial charge in [-0.3, -0.25) is 9.59 Å². The molecule has 2 aromatic rings. The van der Waals surface area contributed by atoms with Crippen LogP contribution in [0.25, 0.3) is 0 Å². The molecule has 2 N–H and O–H groups in total. The highest BCUT2D eigenvalue weighted by Crippen LogP contribution is 2.18. The second kappa shape index (κ2) is 9.40. The standard InChI is InChI=1S/C22H29N3O4S/c1-6-25(7-2)30(28,29)19-10-8-9-17(15-19)20(26)23-18-13-11-16(12-14-18)21(27)24-22(3,4)5/h8-15H,6-7H2,1-5H3,(H,23,26)(H,24,27). The zero-order valence-electron chi connectivity index (χ0n) is 18.0. The van der Waals surface area contributed by atoms with Crippen molar-refractivity contribution >= 4 is 27.5 Å². The first-order valence-electron chi connectivity index (χ1n) is 9.82. The van der Waals surface area contributed by atoms with Crippen LogP contribution in [0, 0.1) is 0 Å². The summed E-state index contributed by atoms with van der Waals surface area (Å²) in [5.74, 6) is -0.631. The zero-order chi connectivity index (χ0) is 22.5. The Hall–Kier alpha value is -2.71. The van der Waals surface area contributed by atoms with Gasteiger partial charge in [-0.2, -0.15) is 4.31 Å². The van der Waals surface area contributed by atoms with Gasteiger partial charge in [0.1, 0.15) is 0 Å². The van der Waals surface area contributed by atoms with Crippen LogP contribution in [0.4, 0.5) is 5.69 Å². The Balaban J connectivity index is 2.16. The van der Waals surface area contributed by atoms with Crippen molar-refractivity contribution in [2.75, 3.05) is 18.4 Å². The van der Waals surface area contributed by atoms with Crippen LogP contribution in [0.15, 0.2) is 53.4 Å². The highest BCUT2D eigenvalue weighted by atomic mass is 32.2. The van der Waals surface area contributed by atoms with E-state index in [1.165, 1.54) is 16.4 Å². The molecule has 0 atom stereocenters. The van der Waals surface area contributed by atoms with Gasteiger partial charge < -0.3 is 10.6 Å². The van der Waals surface area contributed by atoms with E-state index >= 15 is 0 Å². The van der Waals surface area contributed by atoms with Crippen LogP contribution in [-0.4, -0.2) is 43.2 Å². The van der Waals surface area contributed by atoms with Gasteiger partial charge in [-0.25, -0.2) is 8.42 Å². The van der Waals surface area contributed by atoms with Crippen molar-refractivity contribution in [3.05, 3.63) is 59.7 Å². The molecular formula is C22H29N3O4S. The summed E-state index contributed by atoms with van der Waals surface area (Å²) in [4.78, 5) is 24.9. The fraction of sp³-hybridized carbons (Fsp3) is 0.364. The van der Waals surface area contributed by atoms with Crippen LogP contribution in [0.5, 0.6) is 0 Å². The number of anilines is 1. The highest BCUT2D eigenvalue weighted by Gasteiger charge is 2.22. The number of rotatable bonds is 7. The lowest BCUT2D eigenvalue weighted by Crippen LogP contribution is -2.40. The molecule has 0 radical (unpaired) electrons. The van der Waals surface area contributed by atoms with Crippen molar-refractivity contribution in [2.24, 2.45) is 0 Å². The van der Waals surface area contributed by atoms with E-state index < -0.39 is 15.9 Å². The van der Waals surface area contributed by atoms with Gasteiger partial charge in [0, 0.05) is 35.4 Å². The molecule has 0 fully saturated rings. The number of carbonyl (C=O) groups excluding carboxylic acids is 2. The molecule has 0 aromatic heterocycles. The third kappa shape index (κ3) is 5.90. The largest absolute Gasteiger partial charge is 0.347 e. The van der Waals surface area contributed by atoms with E-state index in [1.54, 1.807) is 50.2 Å². The van der Waals surface area contributed by atoms with Crippen LogP contribution in [0.1, 0.15) is 55.3 Å². The molecule has 2 aromatic carbocycles. The molecule has 30 heavy (non-hydrogen) atoms. The Morgan fingerprint density at radius 1 is 0.900 bits per heavy atom. The van der Waals surface area contributed by atoms with Gasteiger partial charge in [0.25, 0.3) is 11.8 Å². The van der Waals surface area contributed by atoms with Crippen LogP contribution in [0.3, 0.4) is 0 Å². The maximum Gasteiger partial charge on any atom is 0.255 e. The van der Waals surface area contributed by atoms with Crippen molar-refractivity contribution < 1.29 is 18.0 Å². The average molecular weight is 432 g/mol. The topological polar surface area (TPSA) is 95.6 Å². The SMILES string of the molecule is CCN(CC)S(=O)(=O)c1cccc(C(=O)Nc2ccc(C(=O)NC(C)(C)C)cc2)c1. The zero-order valence-corrected chi connectivity index (χ0v) is 18.8. The number of hydrogen-bond donors (Lipinski definition) is 2. The molecule has 0 unspecified atom stereocenters. The van der Waals surface area contributed by atoms with Crippen LogP contribution in [0.2, 0.25) is 0 Å². The van der Waals surface area contributed by atoms with Gasteiger partial charge in [-0.15, -0.1) is 0 Å². The van der Waals surface area contributed by atoms with E-state index in [-0.39, 0.29) is 21.9 Å². The Kier molecular flexibility index (Phi) is 7.39. The molecule has 162 valence electrons. The second-order valence-electron chi connectivity index (χ2n) is 7.85. The van der Waals surface area contributed by atoms with E-state index in [9.17, 15) is 18.0 Å². The summed E-state index contributed by atoms with van der Waals surface area (Å²) in [6.07, 6.45) is 0. The van der Waals surface area contributed by atoms with E-state index in [1.807, 2.05) is 20.8 Å². The summed E-state index contributed by atoms with van der Waals surface area (Å²) in [5, 5.41) is 5.60. The van der Waals surface area contributed by atoms with Gasteiger partial charge in [-0.05, 0) is 63.2 Å². The molecule has 7 nitrogen and oxygen atoms in total. The Labute approximate surface area is 178 Å². The lowest BCUT2D eigenvalue weighted by atomic mass is 10.1. The average Bonchev–Trinajstić information content (AvgIpc) is 2.68. The Bertz CT molecular complexity index is 1010. The minimum Gasteiger partial charge on any atom is -0.347 e. The van der Waals surface area contributed by atoms with E-state index in [0.717, 1.165) is 0 Å². The number of amides is 2. The maximum atomic E-state index is 12.7. The van der Waals surface area contributed by atoms with Crippen molar-refractivity contribution in [2.45, 2.75) is 45.1 Å². The quantitative estimate of drug-likeness (QED) is 0.701. The fourth-order valence-electron chi connectivity index (χ4n) is 2.83. The second-order valence-corrected chi connectivity index (χ2v) is 9.79. The lowest BCUT2D eigenvalue weighted by molar-refractivity contribution is 0.0919. The molecule has 0 spiro atoms. The number of hydrogen-bond acceptors (Lipinski definition) is 4. The molecular weight excluding hydrogens is 402 g/mol. The van der Waals surface area contributed by atoms with Gasteiger partial charge in [0.15, 0.2) is 0 Å². The molecule has 0 aliphatic rings. The summed E-state index contributed by atoms with van der Waals surface area (Å²) < 4.78 is 26.7. The molecule has 0 saturated heterocycles. The summed E-state index contributed by atoms with van der Waals surface area (Å²) in [6.45, 7) is 9.93. The van der Waals surface area contributed by atoms with E-state index in [2.05, 4.69) is 10.6 Å². The van der Waals surface area contributed by atoms with Gasteiger partial charge in [0.05, 0.1) is 4.90 Å². The third-order valence-electron chi connectivity index (χ3n) is 4.33. The minimum atomic E-state index is -3.65. The van der Waals surface area contributed by atoms with Crippen LogP contribution >= 0.6 is 0 Å². The van der Waals surface area contributed by atoms with Crippen LogP contribution < -0.4 is 10.6 Å². The molecule has 0 aliphatic carbocycles. The molecule has 0 saturated carbocycles. The van der Waals surface area contributed by atoms with E-state index in [4.69, 9.17) is 0 Å². The molecule has 0 aliphatic heterocycles. The number of carbonyl (C=O) groups is 2.